The van der Waals surface area contributed by atoms with Gasteiger partial charge in [-0.3, -0.25) is 4.79 Å². The number of nitrogens with zero attached hydrogens (tertiary/aromatic N) is 2. The fraction of sp³-hybridized carbons (Fsp3) is 0.263. The topological polar surface area (TPSA) is 46.9 Å². The van der Waals surface area contributed by atoms with E-state index in [1.54, 1.807) is 34.3 Å². The zero-order chi connectivity index (χ0) is 18.0. The number of halogens is 1. The molecule has 0 atom stereocenters. The number of hydrogen-bond acceptors (Lipinski definition) is 3. The predicted octanol–water partition coefficient (Wildman–Crippen LogP) is 4.43. The van der Waals surface area contributed by atoms with E-state index in [0.29, 0.717) is 12.1 Å². The summed E-state index contributed by atoms with van der Waals surface area (Å²) in [6, 6.07) is 10.2. The number of aromatic nitrogens is 2. The monoisotopic (exact) mass is 357 g/mol. The Kier molecular flexibility index (Phi) is 4.99. The number of carbonyl (C=O) groups excluding carboxylic acids is 1. The van der Waals surface area contributed by atoms with Gasteiger partial charge in [0, 0.05) is 9.75 Å². The lowest BCUT2D eigenvalue weighted by molar-refractivity contribution is 0.0950. The molecule has 6 heteroatoms. The Balaban J connectivity index is 1.85. The second-order valence-corrected chi connectivity index (χ2v) is 7.55. The molecule has 0 aliphatic carbocycles. The van der Waals surface area contributed by atoms with Crippen LogP contribution in [-0.4, -0.2) is 15.7 Å². The quantitative estimate of drug-likeness (QED) is 0.734. The maximum absolute atomic E-state index is 13.2. The van der Waals surface area contributed by atoms with Crippen molar-refractivity contribution >= 4 is 17.2 Å². The summed E-state index contributed by atoms with van der Waals surface area (Å²) in [6.07, 6.45) is 1.58. The summed E-state index contributed by atoms with van der Waals surface area (Å²) in [5.74, 6) is -0.355. The maximum Gasteiger partial charge on any atom is 0.255 e. The highest BCUT2D eigenvalue weighted by Crippen LogP contribution is 2.23. The van der Waals surface area contributed by atoms with Crippen molar-refractivity contribution in [3.05, 3.63) is 69.4 Å². The summed E-state index contributed by atoms with van der Waals surface area (Å²) < 4.78 is 14.9. The molecule has 130 valence electrons. The van der Waals surface area contributed by atoms with Crippen LogP contribution >= 0.6 is 11.3 Å². The first-order valence-corrected chi connectivity index (χ1v) is 8.94. The first kappa shape index (κ1) is 17.4. The van der Waals surface area contributed by atoms with Crippen LogP contribution in [0.3, 0.4) is 0 Å². The highest BCUT2D eigenvalue weighted by molar-refractivity contribution is 7.11. The van der Waals surface area contributed by atoms with Crippen LogP contribution in [0.5, 0.6) is 0 Å². The molecule has 1 aromatic carbocycles. The molecular weight excluding hydrogens is 337 g/mol. The van der Waals surface area contributed by atoms with Crippen molar-refractivity contribution < 1.29 is 9.18 Å². The Bertz CT molecular complexity index is 880. The molecule has 0 spiro atoms. The fourth-order valence-electron chi connectivity index (χ4n) is 2.72. The molecule has 0 saturated heterocycles. The number of benzene rings is 1. The Morgan fingerprint density at radius 2 is 1.96 bits per heavy atom. The standard InChI is InChI=1S/C19H20FN3OS/c1-12(2)18-17(19(24)21-10-16-9-4-13(3)25-16)11-22-23(18)15-7-5-14(20)6-8-15/h4-9,11-12H,10H2,1-3H3,(H,21,24). The second-order valence-electron chi connectivity index (χ2n) is 6.18. The number of hydrogen-bond donors (Lipinski definition) is 1. The van der Waals surface area contributed by atoms with Gasteiger partial charge in [-0.2, -0.15) is 5.10 Å². The van der Waals surface area contributed by atoms with Crippen molar-refractivity contribution in [2.24, 2.45) is 0 Å². The summed E-state index contributed by atoms with van der Waals surface area (Å²) in [6.45, 7) is 6.56. The van der Waals surface area contributed by atoms with E-state index in [2.05, 4.69) is 10.4 Å². The van der Waals surface area contributed by atoms with Crippen LogP contribution in [0.4, 0.5) is 4.39 Å². The fourth-order valence-corrected chi connectivity index (χ4v) is 3.55. The highest BCUT2D eigenvalue weighted by atomic mass is 32.1. The van der Waals surface area contributed by atoms with E-state index in [1.165, 1.54) is 17.0 Å². The third-order valence-corrected chi connectivity index (χ3v) is 4.89. The van der Waals surface area contributed by atoms with Gasteiger partial charge in [0.1, 0.15) is 5.82 Å². The van der Waals surface area contributed by atoms with Crippen molar-refractivity contribution in [2.45, 2.75) is 33.2 Å². The van der Waals surface area contributed by atoms with Crippen LogP contribution in [0, 0.1) is 12.7 Å². The number of thiophene rings is 1. The zero-order valence-electron chi connectivity index (χ0n) is 14.4. The van der Waals surface area contributed by atoms with Crippen LogP contribution < -0.4 is 5.32 Å². The Morgan fingerprint density at radius 3 is 2.56 bits per heavy atom. The van der Waals surface area contributed by atoms with Crippen molar-refractivity contribution in [1.82, 2.24) is 15.1 Å². The largest absolute Gasteiger partial charge is 0.347 e. The lowest BCUT2D eigenvalue weighted by atomic mass is 10.0. The molecule has 1 amide bonds. The lowest BCUT2D eigenvalue weighted by Crippen LogP contribution is -2.23. The van der Waals surface area contributed by atoms with E-state index in [4.69, 9.17) is 0 Å². The Labute approximate surface area is 150 Å². The molecule has 2 heterocycles. The molecule has 0 radical (unpaired) electrons. The summed E-state index contributed by atoms with van der Waals surface area (Å²) in [4.78, 5) is 15.0. The van der Waals surface area contributed by atoms with E-state index in [0.717, 1.165) is 16.3 Å². The highest BCUT2D eigenvalue weighted by Gasteiger charge is 2.20. The average molecular weight is 357 g/mol. The van der Waals surface area contributed by atoms with Crippen molar-refractivity contribution in [3.8, 4) is 5.69 Å². The summed E-state index contributed by atoms with van der Waals surface area (Å²) in [5.41, 5.74) is 2.09. The second kappa shape index (κ2) is 7.19. The average Bonchev–Trinajstić information content (AvgIpc) is 3.19. The first-order valence-electron chi connectivity index (χ1n) is 8.13. The van der Waals surface area contributed by atoms with Gasteiger partial charge in [-0.25, -0.2) is 9.07 Å². The molecule has 4 nitrogen and oxygen atoms in total. The normalized spacial score (nSPS) is 11.1. The van der Waals surface area contributed by atoms with E-state index in [9.17, 15) is 9.18 Å². The van der Waals surface area contributed by atoms with Gasteiger partial charge in [-0.15, -0.1) is 11.3 Å². The van der Waals surface area contributed by atoms with Gasteiger partial charge in [-0.05, 0) is 49.2 Å². The van der Waals surface area contributed by atoms with Crippen molar-refractivity contribution in [3.63, 3.8) is 0 Å². The molecule has 0 aliphatic rings. The third-order valence-electron chi connectivity index (χ3n) is 3.89. The number of nitrogens with one attached hydrogen (secondary N) is 1. The third kappa shape index (κ3) is 3.79. The number of rotatable bonds is 5. The molecule has 0 saturated carbocycles. The predicted molar refractivity (Wildman–Crippen MR) is 97.8 cm³/mol. The smallest absolute Gasteiger partial charge is 0.255 e. The van der Waals surface area contributed by atoms with Crippen molar-refractivity contribution in [2.75, 3.05) is 0 Å². The molecule has 25 heavy (non-hydrogen) atoms. The SMILES string of the molecule is Cc1ccc(CNC(=O)c2cnn(-c3ccc(F)cc3)c2C(C)C)s1. The van der Waals surface area contributed by atoms with Crippen LogP contribution in [0.1, 0.15) is 45.6 Å². The zero-order valence-corrected chi connectivity index (χ0v) is 15.2. The minimum absolute atomic E-state index is 0.0947. The number of aryl methyl sites for hydroxylation is 1. The molecule has 3 rings (SSSR count). The number of amides is 1. The van der Waals surface area contributed by atoms with E-state index in [1.807, 2.05) is 32.9 Å². The van der Waals surface area contributed by atoms with Crippen LogP contribution in [0.2, 0.25) is 0 Å². The van der Waals surface area contributed by atoms with Gasteiger partial charge in [0.05, 0.1) is 29.7 Å². The minimum atomic E-state index is -0.300. The summed E-state index contributed by atoms with van der Waals surface area (Å²) >= 11 is 1.67. The van der Waals surface area contributed by atoms with E-state index in [-0.39, 0.29) is 17.6 Å². The molecule has 0 bridgehead atoms. The lowest BCUT2D eigenvalue weighted by Gasteiger charge is -2.13. The maximum atomic E-state index is 13.2. The van der Waals surface area contributed by atoms with Gasteiger partial charge in [-0.1, -0.05) is 13.8 Å². The Hall–Kier alpha value is -2.47. The van der Waals surface area contributed by atoms with Crippen molar-refractivity contribution in [1.29, 1.82) is 0 Å². The Morgan fingerprint density at radius 1 is 1.24 bits per heavy atom. The van der Waals surface area contributed by atoms with Gasteiger partial charge in [0.15, 0.2) is 0 Å². The van der Waals surface area contributed by atoms with E-state index >= 15 is 0 Å². The molecule has 0 aliphatic heterocycles. The molecule has 2 aromatic heterocycles. The summed E-state index contributed by atoms with van der Waals surface area (Å²) in [7, 11) is 0. The molecular formula is C19H20FN3OS. The summed E-state index contributed by atoms with van der Waals surface area (Å²) in [5, 5.41) is 7.31. The first-order chi connectivity index (χ1) is 12.0. The van der Waals surface area contributed by atoms with Gasteiger partial charge < -0.3 is 5.32 Å². The molecule has 3 aromatic rings. The van der Waals surface area contributed by atoms with E-state index < -0.39 is 0 Å². The van der Waals surface area contributed by atoms with Gasteiger partial charge in [0.25, 0.3) is 5.91 Å². The van der Waals surface area contributed by atoms with Gasteiger partial charge >= 0.3 is 0 Å². The number of carbonyl (C=O) groups is 1. The van der Waals surface area contributed by atoms with Gasteiger partial charge in [0.2, 0.25) is 0 Å². The molecule has 1 N–H and O–H groups in total. The van der Waals surface area contributed by atoms with Crippen LogP contribution in [0.15, 0.2) is 42.6 Å². The molecule has 0 fully saturated rings. The van der Waals surface area contributed by atoms with Crippen LogP contribution in [-0.2, 0) is 6.54 Å². The molecule has 0 unspecified atom stereocenters. The van der Waals surface area contributed by atoms with Crippen LogP contribution in [0.25, 0.3) is 5.69 Å². The minimum Gasteiger partial charge on any atom is -0.347 e.